The summed E-state index contributed by atoms with van der Waals surface area (Å²) in [6, 6.07) is 9.27. The monoisotopic (exact) mass is 823 g/mol. The largest absolute Gasteiger partial charge is 0.494 e. The zero-order valence-corrected chi connectivity index (χ0v) is 34.8. The Labute approximate surface area is 338 Å². The number of pyridine rings is 1. The van der Waals surface area contributed by atoms with Gasteiger partial charge in [0.2, 0.25) is 15.9 Å². The van der Waals surface area contributed by atoms with Crippen LogP contribution in [-0.2, 0) is 24.3 Å². The quantitative estimate of drug-likeness (QED) is 0.146. The minimum absolute atomic E-state index is 0.0179. The number of imide groups is 1. The summed E-state index contributed by atoms with van der Waals surface area (Å²) in [6.07, 6.45) is 3.19. The van der Waals surface area contributed by atoms with Gasteiger partial charge in [-0.3, -0.25) is 14.3 Å². The SMILES string of the molecule is C=C[C@@H]1C[C@@]1(C(=O)NS(=O)(=O)C1CC1)N(C(=O)[C@@H](Nc1cccc(C(=O)OC(C)C)c1)C(C)(C)C)C(=O)N1C[C@H](Oc2ncc(OC)c3ccc(Cl)cc23)CC1C. The average molecular weight is 824 g/mol. The molecule has 1 aliphatic heterocycles. The number of nitrogens with zero attached hydrogens (tertiary/aromatic N) is 3. The standard InChI is InChI=1S/C41H50ClN5O9S/c1-9-26-20-41(26,38(50)45-57(52,53)30-14-15-30)47(36(48)34(40(5,6)7)44-28-12-10-11-25(18-28)37(49)55-23(2)3)39(51)46-22-29(17-24(46)4)56-35-32-19-27(42)13-16-31(32)33(54-8)21-43-35/h9-13,16,18-19,21,23-24,26,29-30,34,44H,1,14-15,17,20,22H2,2-8H3,(H,45,50)/t24?,26-,29-,34-,41-/m1/s1. The molecule has 2 saturated carbocycles. The zero-order chi connectivity index (χ0) is 41.6. The third-order valence-corrected chi connectivity index (χ3v) is 12.6. The van der Waals surface area contributed by atoms with Crippen LogP contribution in [-0.4, -0.2) is 95.8 Å². The second-order valence-electron chi connectivity index (χ2n) is 16.4. The van der Waals surface area contributed by atoms with Crippen LogP contribution in [0.15, 0.2) is 61.3 Å². The molecule has 4 amide bonds. The Balaban J connectivity index is 1.36. The van der Waals surface area contributed by atoms with Crippen LogP contribution in [0.25, 0.3) is 10.8 Å². The number of urea groups is 1. The van der Waals surface area contributed by atoms with Gasteiger partial charge in [-0.2, -0.15) is 0 Å². The molecule has 2 heterocycles. The van der Waals surface area contributed by atoms with E-state index >= 15 is 9.59 Å². The highest BCUT2D eigenvalue weighted by molar-refractivity contribution is 7.91. The maximum Gasteiger partial charge on any atom is 0.338 e. The van der Waals surface area contributed by atoms with Gasteiger partial charge in [0.15, 0.2) is 0 Å². The molecule has 3 aliphatic rings. The van der Waals surface area contributed by atoms with Crippen molar-refractivity contribution in [3.8, 4) is 11.6 Å². The van der Waals surface area contributed by atoms with E-state index in [1.165, 1.54) is 24.3 Å². The number of likely N-dealkylation sites (tertiary alicyclic amines) is 1. The van der Waals surface area contributed by atoms with Crippen molar-refractivity contribution < 1.29 is 41.8 Å². The molecule has 1 unspecified atom stereocenters. The third kappa shape index (κ3) is 8.54. The first-order valence-corrected chi connectivity index (χ1v) is 20.9. The maximum atomic E-state index is 15.2. The van der Waals surface area contributed by atoms with Gasteiger partial charge in [-0.1, -0.05) is 44.5 Å². The van der Waals surface area contributed by atoms with E-state index in [4.69, 9.17) is 25.8 Å². The van der Waals surface area contributed by atoms with Crippen LogP contribution in [0.1, 0.15) is 77.6 Å². The molecule has 14 nitrogen and oxygen atoms in total. The number of benzene rings is 2. The predicted molar refractivity (Wildman–Crippen MR) is 216 cm³/mol. The molecule has 57 heavy (non-hydrogen) atoms. The molecule has 0 spiro atoms. The topological polar surface area (TPSA) is 174 Å². The number of ether oxygens (including phenoxy) is 3. The molecule has 2 aliphatic carbocycles. The van der Waals surface area contributed by atoms with E-state index in [2.05, 4.69) is 21.6 Å². The molecule has 306 valence electrons. The summed E-state index contributed by atoms with van der Waals surface area (Å²) in [6.45, 7) is 14.6. The number of sulfonamides is 1. The van der Waals surface area contributed by atoms with Gasteiger partial charge < -0.3 is 24.4 Å². The summed E-state index contributed by atoms with van der Waals surface area (Å²) in [4.78, 5) is 64.3. The van der Waals surface area contributed by atoms with E-state index in [9.17, 15) is 18.0 Å². The number of aromatic nitrogens is 1. The number of halogens is 1. The summed E-state index contributed by atoms with van der Waals surface area (Å²) < 4.78 is 45.8. The summed E-state index contributed by atoms with van der Waals surface area (Å²) in [5.41, 5.74) is -2.14. The van der Waals surface area contributed by atoms with Crippen LogP contribution in [0.4, 0.5) is 10.5 Å². The van der Waals surface area contributed by atoms with Gasteiger partial charge in [-0.25, -0.2) is 27.9 Å². The van der Waals surface area contributed by atoms with Gasteiger partial charge >= 0.3 is 12.0 Å². The van der Waals surface area contributed by atoms with Crippen LogP contribution in [0, 0.1) is 11.3 Å². The molecule has 6 rings (SSSR count). The number of carbonyl (C=O) groups excluding carboxylic acids is 4. The smallest absolute Gasteiger partial charge is 0.338 e. The Hall–Kier alpha value is -4.89. The van der Waals surface area contributed by atoms with Gasteiger partial charge in [0, 0.05) is 39.9 Å². The fraction of sp³-hybridized carbons (Fsp3) is 0.488. The minimum Gasteiger partial charge on any atom is -0.494 e. The number of methoxy groups -OCH3 is 1. The highest BCUT2D eigenvalue weighted by atomic mass is 35.5. The molecule has 3 aromatic rings. The molecule has 5 atom stereocenters. The fourth-order valence-corrected chi connectivity index (χ4v) is 8.85. The lowest BCUT2D eigenvalue weighted by Crippen LogP contribution is -2.64. The van der Waals surface area contributed by atoms with Crippen molar-refractivity contribution in [3.05, 3.63) is 71.9 Å². The lowest BCUT2D eigenvalue weighted by Gasteiger charge is -2.40. The summed E-state index contributed by atoms with van der Waals surface area (Å²) in [5.74, 6) is -2.22. The lowest BCUT2D eigenvalue weighted by molar-refractivity contribution is -0.141. The van der Waals surface area contributed by atoms with Crippen LogP contribution < -0.4 is 19.5 Å². The zero-order valence-electron chi connectivity index (χ0n) is 33.2. The third-order valence-electron chi connectivity index (χ3n) is 10.6. The van der Waals surface area contributed by atoms with E-state index in [-0.39, 0.29) is 30.5 Å². The van der Waals surface area contributed by atoms with Crippen molar-refractivity contribution in [1.82, 2.24) is 19.5 Å². The van der Waals surface area contributed by atoms with Crippen molar-refractivity contribution in [1.29, 1.82) is 0 Å². The van der Waals surface area contributed by atoms with E-state index in [1.54, 1.807) is 77.1 Å². The van der Waals surface area contributed by atoms with E-state index in [0.717, 1.165) is 10.3 Å². The van der Waals surface area contributed by atoms with E-state index < -0.39 is 74.1 Å². The molecule has 1 aromatic heterocycles. The van der Waals surface area contributed by atoms with Gasteiger partial charge in [-0.15, -0.1) is 6.58 Å². The van der Waals surface area contributed by atoms with Crippen LogP contribution >= 0.6 is 11.6 Å². The molecule has 0 radical (unpaired) electrons. The number of hydrogen-bond donors (Lipinski definition) is 2. The van der Waals surface area contributed by atoms with Gasteiger partial charge in [0.25, 0.3) is 11.8 Å². The molecular formula is C41H50ClN5O9S. The number of hydrogen-bond acceptors (Lipinski definition) is 11. The van der Waals surface area contributed by atoms with Crippen molar-refractivity contribution in [2.45, 2.75) is 102 Å². The summed E-state index contributed by atoms with van der Waals surface area (Å²) in [7, 11) is -2.53. The first-order valence-electron chi connectivity index (χ1n) is 19.0. The fourth-order valence-electron chi connectivity index (χ4n) is 7.32. The number of anilines is 1. The number of esters is 1. The van der Waals surface area contributed by atoms with Crippen molar-refractivity contribution >= 4 is 61.9 Å². The first kappa shape index (κ1) is 41.7. The second kappa shape index (κ2) is 15.8. The van der Waals surface area contributed by atoms with Gasteiger partial charge in [0.1, 0.15) is 23.4 Å². The Bertz CT molecular complexity index is 2210. The number of nitrogens with one attached hydrogen (secondary N) is 2. The normalized spacial score (nSPS) is 22.4. The molecule has 16 heteroatoms. The average Bonchev–Trinajstić information content (AvgIpc) is 4.07. The highest BCUT2D eigenvalue weighted by Crippen LogP contribution is 2.52. The predicted octanol–water partition coefficient (Wildman–Crippen LogP) is 6.33. The molecular weight excluding hydrogens is 774 g/mol. The molecule has 2 aromatic carbocycles. The summed E-state index contributed by atoms with van der Waals surface area (Å²) in [5, 5.41) is 4.29. The maximum absolute atomic E-state index is 15.2. The van der Waals surface area contributed by atoms with Crippen molar-refractivity contribution in [2.24, 2.45) is 11.3 Å². The Morgan fingerprint density at radius 3 is 2.44 bits per heavy atom. The van der Waals surface area contributed by atoms with E-state index in [0.29, 0.717) is 41.1 Å². The molecule has 2 N–H and O–H groups in total. The van der Waals surface area contributed by atoms with Crippen LogP contribution in [0.3, 0.4) is 0 Å². The summed E-state index contributed by atoms with van der Waals surface area (Å²) >= 11 is 6.34. The highest BCUT2D eigenvalue weighted by Gasteiger charge is 2.68. The Morgan fingerprint density at radius 2 is 1.82 bits per heavy atom. The first-order chi connectivity index (χ1) is 26.8. The van der Waals surface area contributed by atoms with Crippen molar-refractivity contribution in [3.63, 3.8) is 0 Å². The van der Waals surface area contributed by atoms with Gasteiger partial charge in [0.05, 0.1) is 36.8 Å². The molecule has 3 fully saturated rings. The lowest BCUT2D eigenvalue weighted by atomic mass is 9.85. The van der Waals surface area contributed by atoms with Crippen molar-refractivity contribution in [2.75, 3.05) is 19.0 Å². The van der Waals surface area contributed by atoms with Crippen LogP contribution in [0.5, 0.6) is 11.6 Å². The number of rotatable bonds is 13. The Morgan fingerprint density at radius 1 is 1.11 bits per heavy atom. The van der Waals surface area contributed by atoms with Gasteiger partial charge in [-0.05, 0) is 81.8 Å². The van der Waals surface area contributed by atoms with E-state index in [1.807, 2.05) is 6.92 Å². The minimum atomic E-state index is -4.07. The number of carbonyl (C=O) groups is 4. The molecule has 0 bridgehead atoms. The van der Waals surface area contributed by atoms with Crippen LogP contribution in [0.2, 0.25) is 5.02 Å². The Kier molecular flexibility index (Phi) is 11.6. The molecule has 1 saturated heterocycles. The number of fused-ring (bicyclic) bond motifs is 1. The number of amides is 4. The second-order valence-corrected chi connectivity index (χ2v) is 18.8.